The summed E-state index contributed by atoms with van der Waals surface area (Å²) in [4.78, 5) is 32.5. The molecular formula is C9H14N3O7P. The third-order valence-corrected chi connectivity index (χ3v) is 3.09. The average Bonchev–Trinajstić information content (AvgIpc) is 2.67. The molecule has 0 aliphatic carbocycles. The molecule has 2 heterocycles. The molecule has 20 heavy (non-hydrogen) atoms. The van der Waals surface area contributed by atoms with Crippen molar-refractivity contribution in [2.75, 3.05) is 12.1 Å². The van der Waals surface area contributed by atoms with Crippen LogP contribution in [0.5, 0.6) is 0 Å². The van der Waals surface area contributed by atoms with E-state index >= 15 is 0 Å². The molecule has 5 N–H and O–H groups in total. The van der Waals surface area contributed by atoms with Crippen LogP contribution in [0.3, 0.4) is 0 Å². The molecule has 0 saturated carbocycles. The zero-order chi connectivity index (χ0) is 14.9. The molecule has 1 unspecified atom stereocenters. The second-order valence-electron chi connectivity index (χ2n) is 4.26. The zero-order valence-electron chi connectivity index (χ0n) is 10.2. The first-order chi connectivity index (χ1) is 9.26. The van der Waals surface area contributed by atoms with Crippen LogP contribution in [0.2, 0.25) is 0 Å². The lowest BCUT2D eigenvalue weighted by Gasteiger charge is -2.17. The van der Waals surface area contributed by atoms with Crippen LogP contribution in [0.25, 0.3) is 0 Å². The summed E-state index contributed by atoms with van der Waals surface area (Å²) in [7, 11) is -4.33. The molecule has 1 saturated heterocycles. The van der Waals surface area contributed by atoms with Gasteiger partial charge >= 0.3 is 13.3 Å². The van der Waals surface area contributed by atoms with Crippen LogP contribution >= 0.6 is 7.60 Å². The summed E-state index contributed by atoms with van der Waals surface area (Å²) in [6, 6.07) is 1.36. The van der Waals surface area contributed by atoms with Gasteiger partial charge in [0.25, 0.3) is 0 Å². The minimum Gasteiger partial charge on any atom is -0.388 e. The van der Waals surface area contributed by atoms with E-state index in [1.54, 1.807) is 0 Å². The van der Waals surface area contributed by atoms with Crippen molar-refractivity contribution in [3.63, 3.8) is 0 Å². The second kappa shape index (κ2) is 5.60. The molecular weight excluding hydrogens is 293 g/mol. The highest BCUT2D eigenvalue weighted by atomic mass is 31.2. The quantitative estimate of drug-likeness (QED) is 0.490. The summed E-state index contributed by atoms with van der Waals surface area (Å²) in [5.74, 6) is 0.0352. The van der Waals surface area contributed by atoms with E-state index in [0.29, 0.717) is 0 Å². The maximum Gasteiger partial charge on any atom is 0.351 e. The van der Waals surface area contributed by atoms with E-state index in [-0.39, 0.29) is 12.2 Å². The molecule has 1 aromatic rings. The predicted octanol–water partition coefficient (Wildman–Crippen LogP) is -1.42. The van der Waals surface area contributed by atoms with Crippen LogP contribution in [0.15, 0.2) is 17.1 Å². The average molecular weight is 307 g/mol. The topological polar surface area (TPSA) is 157 Å². The van der Waals surface area contributed by atoms with Crippen LogP contribution in [0.1, 0.15) is 12.6 Å². The highest BCUT2D eigenvalue weighted by Gasteiger charge is 2.37. The van der Waals surface area contributed by atoms with Crippen molar-refractivity contribution >= 4 is 13.4 Å². The third kappa shape index (κ3) is 3.63. The Morgan fingerprint density at radius 1 is 1.60 bits per heavy atom. The molecule has 0 radical (unpaired) electrons. The molecule has 0 spiro atoms. The van der Waals surface area contributed by atoms with Crippen molar-refractivity contribution in [3.8, 4) is 0 Å². The second-order valence-corrected chi connectivity index (χ2v) is 5.85. The lowest BCUT2D eigenvalue weighted by Crippen LogP contribution is -2.31. The Morgan fingerprint density at radius 2 is 2.30 bits per heavy atom. The van der Waals surface area contributed by atoms with Crippen LogP contribution in [-0.2, 0) is 14.0 Å². The molecule has 1 aliphatic rings. The number of rotatable bonds is 4. The summed E-state index contributed by atoms with van der Waals surface area (Å²) in [5, 5.41) is 9.82. The fourth-order valence-electron chi connectivity index (χ4n) is 1.77. The largest absolute Gasteiger partial charge is 0.388 e. The Kier molecular flexibility index (Phi) is 4.23. The van der Waals surface area contributed by atoms with Gasteiger partial charge in [0.2, 0.25) is 0 Å². The Morgan fingerprint density at radius 3 is 2.90 bits per heavy atom. The molecule has 1 aliphatic heterocycles. The minimum absolute atomic E-state index is 0.0263. The number of anilines is 1. The smallest absolute Gasteiger partial charge is 0.351 e. The predicted molar refractivity (Wildman–Crippen MR) is 65.4 cm³/mol. The molecule has 0 amide bonds. The van der Waals surface area contributed by atoms with E-state index in [0.717, 1.165) is 4.57 Å². The summed E-state index contributed by atoms with van der Waals surface area (Å²) < 4.78 is 21.8. The van der Waals surface area contributed by atoms with Gasteiger partial charge in [-0.3, -0.25) is 9.13 Å². The third-order valence-electron chi connectivity index (χ3n) is 2.61. The Bertz CT molecular complexity index is 585. The highest BCUT2D eigenvalue weighted by molar-refractivity contribution is 7.51. The fourth-order valence-corrected chi connectivity index (χ4v) is 2.13. The maximum absolute atomic E-state index is 11.6. The van der Waals surface area contributed by atoms with E-state index in [1.165, 1.54) is 12.3 Å². The first-order valence-corrected chi connectivity index (χ1v) is 7.40. The number of hydrogen-bond donors (Lipinski definition) is 4. The summed E-state index contributed by atoms with van der Waals surface area (Å²) in [6.07, 6.45) is -2.68. The number of ether oxygens (including phenoxy) is 2. The van der Waals surface area contributed by atoms with Crippen molar-refractivity contribution in [1.82, 2.24) is 9.55 Å². The number of nitrogens with zero attached hydrogens (tertiary/aromatic N) is 2. The summed E-state index contributed by atoms with van der Waals surface area (Å²) >= 11 is 0. The van der Waals surface area contributed by atoms with Gasteiger partial charge in [0.15, 0.2) is 18.9 Å². The van der Waals surface area contributed by atoms with E-state index in [4.69, 9.17) is 25.0 Å². The van der Waals surface area contributed by atoms with E-state index < -0.39 is 38.3 Å². The molecule has 112 valence electrons. The minimum atomic E-state index is -4.33. The normalized spacial score (nSPS) is 26.9. The number of nitrogens with two attached hydrogens (primary N) is 1. The number of aliphatic hydroxyl groups is 1. The zero-order valence-corrected chi connectivity index (χ0v) is 11.1. The Labute approximate surface area is 112 Å². The molecule has 1 fully saturated rings. The highest BCUT2D eigenvalue weighted by Crippen LogP contribution is 2.37. The molecule has 2 rings (SSSR count). The molecule has 3 atom stereocenters. The standard InChI is InChI=1S/C9H14N3O7P/c10-6-1-2-12(9(14)11-6)8-5(13)3-7(19-8)18-4-20(15,16)17/h1-2,5,7-8,13H,3-4H2,(H2,10,11,14)(H2,15,16,17)/t5?,7-,8+/m0/s1. The van der Waals surface area contributed by atoms with Gasteiger partial charge in [-0.15, -0.1) is 0 Å². The SMILES string of the molecule is Nc1ccn([C@@H]2O[C@H](OCP(=O)(O)O)CC2O)c(=O)n1. The van der Waals surface area contributed by atoms with Crippen LogP contribution in [0, 0.1) is 0 Å². The first-order valence-electron chi connectivity index (χ1n) is 5.60. The van der Waals surface area contributed by atoms with Gasteiger partial charge in [0.1, 0.15) is 11.9 Å². The van der Waals surface area contributed by atoms with Crippen LogP contribution in [0.4, 0.5) is 5.82 Å². The Hall–Kier alpha value is -1.29. The van der Waals surface area contributed by atoms with Gasteiger partial charge < -0.3 is 30.1 Å². The Balaban J connectivity index is 2.07. The van der Waals surface area contributed by atoms with E-state index in [2.05, 4.69) is 4.98 Å². The number of aliphatic hydroxyl groups excluding tert-OH is 1. The number of hydrogen-bond acceptors (Lipinski definition) is 7. The monoisotopic (exact) mass is 307 g/mol. The first kappa shape index (κ1) is 15.1. The van der Waals surface area contributed by atoms with Gasteiger partial charge in [-0.05, 0) is 6.07 Å². The molecule has 1 aromatic heterocycles. The molecule has 10 nitrogen and oxygen atoms in total. The summed E-state index contributed by atoms with van der Waals surface area (Å²) in [6.45, 7) is 0. The van der Waals surface area contributed by atoms with Gasteiger partial charge in [-0.1, -0.05) is 0 Å². The van der Waals surface area contributed by atoms with Crippen molar-refractivity contribution in [2.45, 2.75) is 25.0 Å². The van der Waals surface area contributed by atoms with Crippen molar-refractivity contribution in [3.05, 3.63) is 22.7 Å². The lowest BCUT2D eigenvalue weighted by molar-refractivity contribution is -0.147. The van der Waals surface area contributed by atoms with Crippen LogP contribution < -0.4 is 11.4 Å². The van der Waals surface area contributed by atoms with Gasteiger partial charge in [0.05, 0.1) is 0 Å². The van der Waals surface area contributed by atoms with Crippen molar-refractivity contribution < 1.29 is 28.9 Å². The van der Waals surface area contributed by atoms with Crippen molar-refractivity contribution in [1.29, 1.82) is 0 Å². The van der Waals surface area contributed by atoms with E-state index in [1.807, 2.05) is 0 Å². The van der Waals surface area contributed by atoms with Gasteiger partial charge in [0, 0.05) is 12.6 Å². The number of aromatic nitrogens is 2. The van der Waals surface area contributed by atoms with Crippen molar-refractivity contribution in [2.24, 2.45) is 0 Å². The summed E-state index contributed by atoms with van der Waals surface area (Å²) in [5.41, 5.74) is 4.64. The van der Waals surface area contributed by atoms with Crippen LogP contribution in [-0.4, -0.2) is 43.2 Å². The molecule has 11 heteroatoms. The molecule has 0 bridgehead atoms. The lowest BCUT2D eigenvalue weighted by atomic mass is 10.2. The van der Waals surface area contributed by atoms with Gasteiger partial charge in [-0.25, -0.2) is 4.79 Å². The van der Waals surface area contributed by atoms with E-state index in [9.17, 15) is 14.5 Å². The fraction of sp³-hybridized carbons (Fsp3) is 0.556. The van der Waals surface area contributed by atoms with Gasteiger partial charge in [-0.2, -0.15) is 4.98 Å². The number of nitrogen functional groups attached to an aromatic ring is 1. The molecule has 0 aromatic carbocycles. The maximum atomic E-state index is 11.6.